The van der Waals surface area contributed by atoms with Crippen molar-refractivity contribution in [3.05, 3.63) is 62.4 Å². The number of aromatic nitrogens is 2. The molecule has 7 nitrogen and oxygen atoms in total. The van der Waals surface area contributed by atoms with Crippen LogP contribution in [0.1, 0.15) is 23.6 Å². The quantitative estimate of drug-likeness (QED) is 0.747. The molecule has 2 heterocycles. The molecule has 1 saturated heterocycles. The summed E-state index contributed by atoms with van der Waals surface area (Å²) in [5.41, 5.74) is -1.82. The largest absolute Gasteiger partial charge is 0.418 e. The first-order valence-electron chi connectivity index (χ1n) is 8.24. The van der Waals surface area contributed by atoms with Gasteiger partial charge in [-0.2, -0.15) is 13.2 Å². The van der Waals surface area contributed by atoms with Crippen molar-refractivity contribution >= 4 is 11.6 Å². The smallest absolute Gasteiger partial charge is 0.324 e. The van der Waals surface area contributed by atoms with E-state index in [0.717, 1.165) is 6.07 Å². The maximum absolute atomic E-state index is 13.0. The Labute approximate surface area is 151 Å². The van der Waals surface area contributed by atoms with Crippen LogP contribution in [0.2, 0.25) is 0 Å². The Balaban J connectivity index is 1.63. The molecular formula is C17H17F3N4O3. The van der Waals surface area contributed by atoms with Gasteiger partial charge >= 0.3 is 11.9 Å². The molecule has 0 radical (unpaired) electrons. The van der Waals surface area contributed by atoms with Crippen molar-refractivity contribution in [3.8, 4) is 0 Å². The van der Waals surface area contributed by atoms with E-state index in [2.05, 4.69) is 15.3 Å². The van der Waals surface area contributed by atoms with E-state index >= 15 is 0 Å². The number of amides is 1. The highest BCUT2D eigenvalue weighted by atomic mass is 19.4. The molecular weight excluding hydrogens is 365 g/mol. The number of carbonyl (C=O) groups is 1. The molecule has 0 aliphatic carbocycles. The molecule has 10 heteroatoms. The van der Waals surface area contributed by atoms with E-state index in [1.165, 1.54) is 24.3 Å². The molecule has 1 aromatic carbocycles. The zero-order valence-electron chi connectivity index (χ0n) is 14.1. The maximum atomic E-state index is 13.0. The molecule has 1 aliphatic heterocycles. The van der Waals surface area contributed by atoms with Gasteiger partial charge in [0, 0.05) is 24.2 Å². The van der Waals surface area contributed by atoms with Crippen molar-refractivity contribution in [2.45, 2.75) is 18.5 Å². The summed E-state index contributed by atoms with van der Waals surface area (Å²) in [5.74, 6) is -0.693. The number of halogens is 3. The van der Waals surface area contributed by atoms with Crippen LogP contribution in [0.4, 0.5) is 18.9 Å². The number of nitrogens with zero attached hydrogens (tertiary/aromatic N) is 1. The first kappa shape index (κ1) is 18.9. The fourth-order valence-corrected chi connectivity index (χ4v) is 3.17. The third-order valence-electron chi connectivity index (χ3n) is 4.37. The van der Waals surface area contributed by atoms with Crippen molar-refractivity contribution in [2.75, 3.05) is 25.0 Å². The highest BCUT2D eigenvalue weighted by molar-refractivity contribution is 5.93. The van der Waals surface area contributed by atoms with Crippen molar-refractivity contribution < 1.29 is 18.0 Å². The summed E-state index contributed by atoms with van der Waals surface area (Å²) in [4.78, 5) is 41.3. The Morgan fingerprint density at radius 2 is 1.96 bits per heavy atom. The topological polar surface area (TPSA) is 98.1 Å². The molecule has 2 aromatic rings. The Kier molecular flexibility index (Phi) is 5.17. The lowest BCUT2D eigenvalue weighted by Gasteiger charge is -2.17. The van der Waals surface area contributed by atoms with Gasteiger partial charge in [0.25, 0.3) is 5.56 Å². The molecule has 0 bridgehead atoms. The average Bonchev–Trinajstić information content (AvgIpc) is 3.02. The number of hydrogen-bond acceptors (Lipinski definition) is 4. The Bertz CT molecular complexity index is 923. The van der Waals surface area contributed by atoms with Gasteiger partial charge in [-0.25, -0.2) is 4.79 Å². The number of hydrogen-bond donors (Lipinski definition) is 3. The third-order valence-corrected chi connectivity index (χ3v) is 4.37. The molecule has 0 saturated carbocycles. The second-order valence-corrected chi connectivity index (χ2v) is 6.36. The molecule has 1 aliphatic rings. The number of likely N-dealkylation sites (tertiary alicyclic amines) is 1. The minimum Gasteiger partial charge on any atom is -0.324 e. The van der Waals surface area contributed by atoms with Gasteiger partial charge in [0.1, 0.15) is 0 Å². The van der Waals surface area contributed by atoms with Crippen LogP contribution < -0.4 is 16.6 Å². The molecule has 1 fully saturated rings. The fraction of sp³-hybridized carbons (Fsp3) is 0.353. The van der Waals surface area contributed by atoms with Gasteiger partial charge in [-0.15, -0.1) is 0 Å². The molecule has 1 unspecified atom stereocenters. The van der Waals surface area contributed by atoms with Crippen molar-refractivity contribution in [3.63, 3.8) is 0 Å². The standard InChI is InChI=1S/C17H17F3N4O3/c18-17(19,20)11-3-1-2-4-12(11)21-15(26)9-24-6-5-10(8-24)13-7-14(25)23-16(27)22-13/h1-4,7,10H,5-6,8-9H2,(H,21,26)(H2,22,23,25,27). The highest BCUT2D eigenvalue weighted by Gasteiger charge is 2.34. The van der Waals surface area contributed by atoms with Gasteiger partial charge in [-0.05, 0) is 25.1 Å². The van der Waals surface area contributed by atoms with Crippen LogP contribution in [0.25, 0.3) is 0 Å². The van der Waals surface area contributed by atoms with E-state index in [1.54, 1.807) is 4.90 Å². The number of H-pyrrole nitrogens is 2. The number of anilines is 1. The van der Waals surface area contributed by atoms with Crippen LogP contribution >= 0.6 is 0 Å². The Morgan fingerprint density at radius 1 is 1.22 bits per heavy atom. The van der Waals surface area contributed by atoms with Crippen LogP contribution in [-0.2, 0) is 11.0 Å². The summed E-state index contributed by atoms with van der Waals surface area (Å²) in [6.07, 6.45) is -3.94. The van der Waals surface area contributed by atoms with Crippen LogP contribution in [0, 0.1) is 0 Å². The van der Waals surface area contributed by atoms with Crippen molar-refractivity contribution in [1.29, 1.82) is 0 Å². The molecule has 3 rings (SSSR count). The van der Waals surface area contributed by atoms with E-state index in [0.29, 0.717) is 25.2 Å². The zero-order valence-corrected chi connectivity index (χ0v) is 14.1. The van der Waals surface area contributed by atoms with E-state index in [1.807, 2.05) is 0 Å². The SMILES string of the molecule is O=C(CN1CCC(c2cc(=O)[nH]c(=O)[nH]2)C1)Nc1ccccc1C(F)(F)F. The van der Waals surface area contributed by atoms with Crippen molar-refractivity contribution in [2.24, 2.45) is 0 Å². The predicted molar refractivity (Wildman–Crippen MR) is 91.6 cm³/mol. The number of aromatic amines is 2. The van der Waals surface area contributed by atoms with E-state index in [-0.39, 0.29) is 18.2 Å². The first-order chi connectivity index (χ1) is 12.7. The monoisotopic (exact) mass is 382 g/mol. The number of carbonyl (C=O) groups excluding carboxylic acids is 1. The molecule has 1 amide bonds. The van der Waals surface area contributed by atoms with Gasteiger partial charge in [0.05, 0.1) is 17.8 Å². The predicted octanol–water partition coefficient (Wildman–Crippen LogP) is 1.51. The molecule has 1 atom stereocenters. The first-order valence-corrected chi connectivity index (χ1v) is 8.24. The molecule has 144 valence electrons. The summed E-state index contributed by atoms with van der Waals surface area (Å²) in [6, 6.07) is 6.08. The molecule has 1 aromatic heterocycles. The second kappa shape index (κ2) is 7.39. The lowest BCUT2D eigenvalue weighted by molar-refractivity contribution is -0.137. The minimum atomic E-state index is -4.56. The van der Waals surface area contributed by atoms with Gasteiger partial charge in [0.15, 0.2) is 0 Å². The van der Waals surface area contributed by atoms with Gasteiger partial charge in [0.2, 0.25) is 5.91 Å². The van der Waals surface area contributed by atoms with E-state index in [9.17, 15) is 27.6 Å². The number of benzene rings is 1. The van der Waals surface area contributed by atoms with Crippen LogP contribution in [0.3, 0.4) is 0 Å². The number of rotatable bonds is 4. The second-order valence-electron chi connectivity index (χ2n) is 6.36. The van der Waals surface area contributed by atoms with E-state index in [4.69, 9.17) is 0 Å². The summed E-state index contributed by atoms with van der Waals surface area (Å²) in [7, 11) is 0. The number of nitrogens with one attached hydrogen (secondary N) is 3. The molecule has 3 N–H and O–H groups in total. The lowest BCUT2D eigenvalue weighted by Crippen LogP contribution is -2.32. The summed E-state index contributed by atoms with van der Waals surface area (Å²) in [5, 5.41) is 2.30. The Hall–Kier alpha value is -2.88. The Morgan fingerprint density at radius 3 is 2.67 bits per heavy atom. The highest BCUT2D eigenvalue weighted by Crippen LogP contribution is 2.34. The van der Waals surface area contributed by atoms with Crippen molar-refractivity contribution in [1.82, 2.24) is 14.9 Å². The minimum absolute atomic E-state index is 0.0872. The molecule has 27 heavy (non-hydrogen) atoms. The maximum Gasteiger partial charge on any atom is 0.418 e. The lowest BCUT2D eigenvalue weighted by atomic mass is 10.1. The van der Waals surface area contributed by atoms with E-state index < -0.39 is 28.9 Å². The van der Waals surface area contributed by atoms with Gasteiger partial charge < -0.3 is 10.3 Å². The summed E-state index contributed by atoms with van der Waals surface area (Å²) < 4.78 is 39.0. The summed E-state index contributed by atoms with van der Waals surface area (Å²) in [6.45, 7) is 0.845. The van der Waals surface area contributed by atoms with Crippen LogP contribution in [0.15, 0.2) is 39.9 Å². The third kappa shape index (κ3) is 4.64. The summed E-state index contributed by atoms with van der Waals surface area (Å²) >= 11 is 0. The molecule has 0 spiro atoms. The number of alkyl halides is 3. The van der Waals surface area contributed by atoms with Gasteiger partial charge in [-0.3, -0.25) is 19.5 Å². The van der Waals surface area contributed by atoms with Crippen LogP contribution in [-0.4, -0.2) is 40.4 Å². The zero-order chi connectivity index (χ0) is 19.6. The average molecular weight is 382 g/mol. The van der Waals surface area contributed by atoms with Crippen LogP contribution in [0.5, 0.6) is 0 Å². The number of para-hydroxylation sites is 1. The van der Waals surface area contributed by atoms with Gasteiger partial charge in [-0.1, -0.05) is 12.1 Å². The normalized spacial score (nSPS) is 17.8. The fourth-order valence-electron chi connectivity index (χ4n) is 3.17.